The molecule has 0 spiro atoms. The number of halogens is 1. The molecule has 1 heterocycles. The van der Waals surface area contributed by atoms with E-state index in [1.165, 1.54) is 6.33 Å². The third-order valence-corrected chi connectivity index (χ3v) is 3.91. The quantitative estimate of drug-likeness (QED) is 0.517. The second-order valence-corrected chi connectivity index (χ2v) is 6.98. The lowest BCUT2D eigenvalue weighted by molar-refractivity contribution is -0.149. The van der Waals surface area contributed by atoms with Crippen molar-refractivity contribution in [3.8, 4) is 5.75 Å². The lowest BCUT2D eigenvalue weighted by Crippen LogP contribution is -2.39. The molecule has 0 aliphatic rings. The Labute approximate surface area is 157 Å². The standard InChI is InChI=1S/C19H21ClN2O4/c1-13(2)18(24)25-11-19(3,4)16(23)17(22-10-9-21-12-22)26-15-7-5-14(20)6-8-15/h5-10,12,17H,1,11H2,2-4H3. The summed E-state index contributed by atoms with van der Waals surface area (Å²) in [6.07, 6.45) is 3.72. The van der Waals surface area contributed by atoms with Gasteiger partial charge < -0.3 is 9.47 Å². The predicted molar refractivity (Wildman–Crippen MR) is 97.9 cm³/mol. The molecule has 0 fully saturated rings. The highest BCUT2D eigenvalue weighted by atomic mass is 35.5. The highest BCUT2D eigenvalue weighted by Crippen LogP contribution is 2.28. The number of carbonyl (C=O) groups is 2. The number of Topliss-reactive ketones (excluding diaryl/α,β-unsaturated/α-hetero) is 1. The first kappa shape index (κ1) is 19.7. The molecule has 138 valence electrons. The molecule has 0 aliphatic carbocycles. The van der Waals surface area contributed by atoms with Gasteiger partial charge in [-0.1, -0.05) is 18.2 Å². The summed E-state index contributed by atoms with van der Waals surface area (Å²) in [6.45, 7) is 8.37. The van der Waals surface area contributed by atoms with E-state index in [1.54, 1.807) is 62.0 Å². The topological polar surface area (TPSA) is 70.4 Å². The van der Waals surface area contributed by atoms with Gasteiger partial charge in [0.15, 0.2) is 0 Å². The summed E-state index contributed by atoms with van der Waals surface area (Å²) in [6, 6.07) is 6.69. The SMILES string of the molecule is C=C(C)C(=O)OCC(C)(C)C(=O)C(Oc1ccc(Cl)cc1)n1ccnc1. The number of esters is 1. The zero-order valence-electron chi connectivity index (χ0n) is 14.9. The number of hydrogen-bond donors (Lipinski definition) is 0. The number of ketones is 1. The zero-order chi connectivity index (χ0) is 19.3. The van der Waals surface area contributed by atoms with Crippen LogP contribution in [0, 0.1) is 5.41 Å². The number of carbonyl (C=O) groups excluding carboxylic acids is 2. The Morgan fingerprint density at radius 2 is 1.96 bits per heavy atom. The molecule has 1 atom stereocenters. The second kappa shape index (κ2) is 8.19. The molecule has 6 nitrogen and oxygen atoms in total. The van der Waals surface area contributed by atoms with Crippen molar-refractivity contribution in [3.63, 3.8) is 0 Å². The first-order valence-electron chi connectivity index (χ1n) is 7.97. The Morgan fingerprint density at radius 3 is 2.50 bits per heavy atom. The van der Waals surface area contributed by atoms with Gasteiger partial charge in [-0.25, -0.2) is 9.78 Å². The van der Waals surface area contributed by atoms with Gasteiger partial charge in [0, 0.05) is 23.0 Å². The maximum absolute atomic E-state index is 13.1. The molecule has 26 heavy (non-hydrogen) atoms. The minimum absolute atomic E-state index is 0.0906. The Bertz CT molecular complexity index is 782. The Morgan fingerprint density at radius 1 is 1.31 bits per heavy atom. The van der Waals surface area contributed by atoms with E-state index < -0.39 is 17.6 Å². The van der Waals surface area contributed by atoms with Crippen molar-refractivity contribution in [2.24, 2.45) is 5.41 Å². The molecular weight excluding hydrogens is 356 g/mol. The summed E-state index contributed by atoms with van der Waals surface area (Å²) in [7, 11) is 0. The fourth-order valence-electron chi connectivity index (χ4n) is 2.07. The van der Waals surface area contributed by atoms with Gasteiger partial charge in [-0.3, -0.25) is 9.36 Å². The van der Waals surface area contributed by atoms with Gasteiger partial charge in [0.1, 0.15) is 12.4 Å². The summed E-state index contributed by atoms with van der Waals surface area (Å²) in [4.78, 5) is 28.7. The Hall–Kier alpha value is -2.60. The van der Waals surface area contributed by atoms with Gasteiger partial charge >= 0.3 is 5.97 Å². The maximum atomic E-state index is 13.1. The van der Waals surface area contributed by atoms with Crippen molar-refractivity contribution < 1.29 is 19.1 Å². The average Bonchev–Trinajstić information content (AvgIpc) is 3.12. The van der Waals surface area contributed by atoms with E-state index in [0.717, 1.165) is 0 Å². The highest BCUT2D eigenvalue weighted by molar-refractivity contribution is 6.30. The van der Waals surface area contributed by atoms with Crippen molar-refractivity contribution in [1.82, 2.24) is 9.55 Å². The molecule has 2 aromatic rings. The Balaban J connectivity index is 2.21. The average molecular weight is 377 g/mol. The zero-order valence-corrected chi connectivity index (χ0v) is 15.7. The van der Waals surface area contributed by atoms with Crippen LogP contribution in [0.3, 0.4) is 0 Å². The summed E-state index contributed by atoms with van der Waals surface area (Å²) >= 11 is 5.89. The number of imidazole rings is 1. The van der Waals surface area contributed by atoms with Crippen LogP contribution in [0.4, 0.5) is 0 Å². The van der Waals surface area contributed by atoms with E-state index in [-0.39, 0.29) is 18.0 Å². The van der Waals surface area contributed by atoms with Crippen molar-refractivity contribution in [2.45, 2.75) is 27.0 Å². The van der Waals surface area contributed by atoms with Gasteiger partial charge in [-0.15, -0.1) is 0 Å². The number of nitrogens with zero attached hydrogens (tertiary/aromatic N) is 2. The molecule has 0 amide bonds. The largest absolute Gasteiger partial charge is 0.463 e. The molecule has 0 radical (unpaired) electrons. The normalized spacial score (nSPS) is 12.3. The van der Waals surface area contributed by atoms with E-state index >= 15 is 0 Å². The van der Waals surface area contributed by atoms with Crippen LogP contribution in [0.15, 0.2) is 55.1 Å². The molecule has 1 aromatic heterocycles. The van der Waals surface area contributed by atoms with Gasteiger partial charge in [0.25, 0.3) is 0 Å². The first-order chi connectivity index (χ1) is 12.2. The Kier molecular flexibility index (Phi) is 6.21. The molecule has 0 saturated carbocycles. The third kappa shape index (κ3) is 4.95. The van der Waals surface area contributed by atoms with Crippen molar-refractivity contribution in [2.75, 3.05) is 6.61 Å². The molecule has 0 bridgehead atoms. The molecule has 1 unspecified atom stereocenters. The number of aromatic nitrogens is 2. The van der Waals surface area contributed by atoms with E-state index in [2.05, 4.69) is 11.6 Å². The van der Waals surface area contributed by atoms with Gasteiger partial charge in [0.2, 0.25) is 12.0 Å². The van der Waals surface area contributed by atoms with Crippen LogP contribution in [0.1, 0.15) is 27.0 Å². The summed E-state index contributed by atoms with van der Waals surface area (Å²) in [5.41, 5.74) is -0.705. The van der Waals surface area contributed by atoms with Gasteiger partial charge in [-0.05, 0) is 45.0 Å². The van der Waals surface area contributed by atoms with Crippen LogP contribution < -0.4 is 4.74 Å². The summed E-state index contributed by atoms with van der Waals surface area (Å²) in [5.74, 6) is -0.320. The third-order valence-electron chi connectivity index (χ3n) is 3.66. The summed E-state index contributed by atoms with van der Waals surface area (Å²) in [5, 5.41) is 0.565. The van der Waals surface area contributed by atoms with Crippen LogP contribution in [0.25, 0.3) is 0 Å². The van der Waals surface area contributed by atoms with Crippen molar-refractivity contribution in [1.29, 1.82) is 0 Å². The van der Waals surface area contributed by atoms with E-state index in [0.29, 0.717) is 10.8 Å². The minimum atomic E-state index is -0.980. The molecule has 7 heteroatoms. The number of rotatable bonds is 8. The lowest BCUT2D eigenvalue weighted by atomic mass is 9.88. The van der Waals surface area contributed by atoms with Crippen LogP contribution in [-0.2, 0) is 14.3 Å². The number of ether oxygens (including phenoxy) is 2. The lowest BCUT2D eigenvalue weighted by Gasteiger charge is -2.28. The fraction of sp³-hybridized carbons (Fsp3) is 0.316. The monoisotopic (exact) mass is 376 g/mol. The second-order valence-electron chi connectivity index (χ2n) is 6.54. The van der Waals surface area contributed by atoms with Gasteiger partial charge in [0.05, 0.1) is 11.7 Å². The van der Waals surface area contributed by atoms with Crippen LogP contribution in [0.5, 0.6) is 5.75 Å². The van der Waals surface area contributed by atoms with E-state index in [1.807, 2.05) is 0 Å². The number of benzene rings is 1. The maximum Gasteiger partial charge on any atom is 0.333 e. The molecule has 0 N–H and O–H groups in total. The van der Waals surface area contributed by atoms with Crippen LogP contribution >= 0.6 is 11.6 Å². The fourth-order valence-corrected chi connectivity index (χ4v) is 2.20. The molecular formula is C19H21ClN2O4. The molecule has 2 rings (SSSR count). The van der Waals surface area contributed by atoms with Crippen molar-refractivity contribution >= 4 is 23.4 Å². The minimum Gasteiger partial charge on any atom is -0.463 e. The first-order valence-corrected chi connectivity index (χ1v) is 8.35. The van der Waals surface area contributed by atoms with Crippen LogP contribution in [0.2, 0.25) is 5.02 Å². The number of hydrogen-bond acceptors (Lipinski definition) is 5. The van der Waals surface area contributed by atoms with E-state index in [4.69, 9.17) is 21.1 Å². The molecule has 1 aromatic carbocycles. The highest BCUT2D eigenvalue weighted by Gasteiger charge is 2.37. The van der Waals surface area contributed by atoms with E-state index in [9.17, 15) is 9.59 Å². The molecule has 0 saturated heterocycles. The van der Waals surface area contributed by atoms with Crippen LogP contribution in [-0.4, -0.2) is 27.9 Å². The van der Waals surface area contributed by atoms with Crippen molar-refractivity contribution in [3.05, 3.63) is 60.2 Å². The predicted octanol–water partition coefficient (Wildman–Crippen LogP) is 3.83. The smallest absolute Gasteiger partial charge is 0.333 e. The summed E-state index contributed by atoms with van der Waals surface area (Å²) < 4.78 is 12.6. The molecule has 0 aliphatic heterocycles. The van der Waals surface area contributed by atoms with Gasteiger partial charge in [-0.2, -0.15) is 0 Å².